The van der Waals surface area contributed by atoms with Crippen LogP contribution in [0.1, 0.15) is 18.9 Å². The van der Waals surface area contributed by atoms with Gasteiger partial charge in [-0.25, -0.2) is 0 Å². The normalized spacial score (nSPS) is 10.5. The Morgan fingerprint density at radius 3 is 2.06 bits per heavy atom. The van der Waals surface area contributed by atoms with Crippen molar-refractivity contribution in [1.29, 1.82) is 0 Å². The van der Waals surface area contributed by atoms with Gasteiger partial charge in [-0.15, -0.1) is 0 Å². The Balaban J connectivity index is 2.42. The number of phenols is 3. The third-order valence-electron chi connectivity index (χ3n) is 2.84. The van der Waals surface area contributed by atoms with Gasteiger partial charge in [0.1, 0.15) is 17.2 Å². The molecule has 2 aromatic carbocycles. The first-order valence-corrected chi connectivity index (χ1v) is 5.95. The predicted octanol–water partition coefficient (Wildman–Crippen LogP) is 3.42. The van der Waals surface area contributed by atoms with E-state index in [1.807, 2.05) is 12.1 Å². The summed E-state index contributed by atoms with van der Waals surface area (Å²) in [5.41, 5.74) is 2.34. The molecule has 2 aromatic rings. The molecule has 0 saturated heterocycles. The highest BCUT2D eigenvalue weighted by Crippen LogP contribution is 2.31. The van der Waals surface area contributed by atoms with Gasteiger partial charge in [-0.1, -0.05) is 25.5 Å². The molecule has 0 heterocycles. The van der Waals surface area contributed by atoms with Crippen LogP contribution in [0.3, 0.4) is 0 Å². The van der Waals surface area contributed by atoms with Gasteiger partial charge in [0.25, 0.3) is 0 Å². The van der Waals surface area contributed by atoms with Crippen LogP contribution in [0.15, 0.2) is 36.4 Å². The zero-order valence-corrected chi connectivity index (χ0v) is 10.2. The second-order valence-corrected chi connectivity index (χ2v) is 4.33. The highest BCUT2D eigenvalue weighted by atomic mass is 16.3. The number of rotatable bonds is 3. The molecule has 0 bridgehead atoms. The van der Waals surface area contributed by atoms with Crippen molar-refractivity contribution in [2.24, 2.45) is 0 Å². The molecule has 0 saturated carbocycles. The summed E-state index contributed by atoms with van der Waals surface area (Å²) >= 11 is 0. The molecule has 0 unspecified atom stereocenters. The van der Waals surface area contributed by atoms with Crippen LogP contribution >= 0.6 is 0 Å². The molecule has 94 valence electrons. The molecular formula is C15H16O3. The summed E-state index contributed by atoms with van der Waals surface area (Å²) in [6.45, 7) is 2.06. The Bertz CT molecular complexity index is 541. The fourth-order valence-electron chi connectivity index (χ4n) is 1.99. The molecule has 0 spiro atoms. The van der Waals surface area contributed by atoms with E-state index in [2.05, 4.69) is 6.92 Å². The molecule has 0 atom stereocenters. The van der Waals surface area contributed by atoms with Gasteiger partial charge in [0.15, 0.2) is 0 Å². The van der Waals surface area contributed by atoms with Crippen LogP contribution in [0.25, 0.3) is 11.1 Å². The van der Waals surface area contributed by atoms with Gasteiger partial charge >= 0.3 is 0 Å². The second-order valence-electron chi connectivity index (χ2n) is 4.33. The first kappa shape index (κ1) is 12.3. The SMILES string of the molecule is CCCc1ccc(-c2cc(O)cc(O)c2)cc1O. The largest absolute Gasteiger partial charge is 0.508 e. The third-order valence-corrected chi connectivity index (χ3v) is 2.84. The van der Waals surface area contributed by atoms with Gasteiger partial charge in [0.2, 0.25) is 0 Å². The van der Waals surface area contributed by atoms with Crippen molar-refractivity contribution in [3.8, 4) is 28.4 Å². The maximum Gasteiger partial charge on any atom is 0.119 e. The lowest BCUT2D eigenvalue weighted by Crippen LogP contribution is -1.86. The van der Waals surface area contributed by atoms with E-state index < -0.39 is 0 Å². The van der Waals surface area contributed by atoms with E-state index in [4.69, 9.17) is 0 Å². The Hall–Kier alpha value is -2.16. The summed E-state index contributed by atoms with van der Waals surface area (Å²) in [6, 6.07) is 9.77. The first-order valence-electron chi connectivity index (χ1n) is 5.95. The molecule has 3 N–H and O–H groups in total. The average molecular weight is 244 g/mol. The van der Waals surface area contributed by atoms with Crippen molar-refractivity contribution in [1.82, 2.24) is 0 Å². The van der Waals surface area contributed by atoms with Gasteiger partial charge in [0, 0.05) is 6.07 Å². The molecule has 0 radical (unpaired) electrons. The van der Waals surface area contributed by atoms with Crippen LogP contribution < -0.4 is 0 Å². The van der Waals surface area contributed by atoms with Crippen molar-refractivity contribution >= 4 is 0 Å². The number of hydrogen-bond acceptors (Lipinski definition) is 3. The topological polar surface area (TPSA) is 60.7 Å². The lowest BCUT2D eigenvalue weighted by atomic mass is 10.0. The molecule has 0 aliphatic carbocycles. The fourth-order valence-corrected chi connectivity index (χ4v) is 1.99. The summed E-state index contributed by atoms with van der Waals surface area (Å²) < 4.78 is 0. The number of aromatic hydroxyl groups is 3. The zero-order valence-electron chi connectivity index (χ0n) is 10.2. The molecule has 0 aliphatic heterocycles. The monoisotopic (exact) mass is 244 g/mol. The molecule has 3 nitrogen and oxygen atoms in total. The summed E-state index contributed by atoms with van der Waals surface area (Å²) in [6.07, 6.45) is 1.80. The molecule has 0 amide bonds. The fraction of sp³-hybridized carbons (Fsp3) is 0.200. The lowest BCUT2D eigenvalue weighted by Gasteiger charge is -2.08. The maximum atomic E-state index is 9.90. The third kappa shape index (κ3) is 2.56. The van der Waals surface area contributed by atoms with E-state index in [1.54, 1.807) is 18.2 Å². The van der Waals surface area contributed by atoms with Gasteiger partial charge in [-0.05, 0) is 41.3 Å². The average Bonchev–Trinajstić information content (AvgIpc) is 2.30. The highest BCUT2D eigenvalue weighted by Gasteiger charge is 2.06. The van der Waals surface area contributed by atoms with Crippen LogP contribution in [-0.4, -0.2) is 15.3 Å². The van der Waals surface area contributed by atoms with Gasteiger partial charge < -0.3 is 15.3 Å². The van der Waals surface area contributed by atoms with E-state index in [9.17, 15) is 15.3 Å². The van der Waals surface area contributed by atoms with Crippen LogP contribution in [0.4, 0.5) is 0 Å². The summed E-state index contributed by atoms with van der Waals surface area (Å²) in [5.74, 6) is 0.251. The summed E-state index contributed by atoms with van der Waals surface area (Å²) in [7, 11) is 0. The molecule has 18 heavy (non-hydrogen) atoms. The molecule has 0 aliphatic rings. The zero-order chi connectivity index (χ0) is 13.1. The highest BCUT2D eigenvalue weighted by molar-refractivity contribution is 5.69. The molecule has 0 fully saturated rings. The number of benzene rings is 2. The number of phenolic OH excluding ortho intramolecular Hbond substituents is 3. The Morgan fingerprint density at radius 1 is 0.833 bits per heavy atom. The smallest absolute Gasteiger partial charge is 0.119 e. The Morgan fingerprint density at radius 2 is 1.50 bits per heavy atom. The number of aryl methyl sites for hydroxylation is 1. The maximum absolute atomic E-state index is 9.90. The minimum atomic E-state index is 0.00197. The summed E-state index contributed by atoms with van der Waals surface area (Å²) in [4.78, 5) is 0. The molecular weight excluding hydrogens is 228 g/mol. The van der Waals surface area contributed by atoms with Crippen molar-refractivity contribution in [2.45, 2.75) is 19.8 Å². The Labute approximate surface area is 106 Å². The standard InChI is InChI=1S/C15H16O3/c1-2-3-10-4-5-11(8-15(10)18)12-6-13(16)9-14(17)7-12/h4-9,16-18H,2-3H2,1H3. The van der Waals surface area contributed by atoms with Crippen molar-refractivity contribution in [3.05, 3.63) is 42.0 Å². The number of hydrogen-bond donors (Lipinski definition) is 3. The van der Waals surface area contributed by atoms with Crippen molar-refractivity contribution < 1.29 is 15.3 Å². The van der Waals surface area contributed by atoms with Gasteiger partial charge in [-0.2, -0.15) is 0 Å². The lowest BCUT2D eigenvalue weighted by molar-refractivity contribution is 0.451. The van der Waals surface area contributed by atoms with E-state index >= 15 is 0 Å². The van der Waals surface area contributed by atoms with E-state index in [0.717, 1.165) is 24.0 Å². The minimum absolute atomic E-state index is 0.00197. The molecule has 3 heteroatoms. The van der Waals surface area contributed by atoms with E-state index in [0.29, 0.717) is 5.56 Å². The first-order chi connectivity index (χ1) is 8.60. The van der Waals surface area contributed by atoms with E-state index in [-0.39, 0.29) is 17.2 Å². The molecule has 0 aromatic heterocycles. The van der Waals surface area contributed by atoms with Crippen molar-refractivity contribution in [3.63, 3.8) is 0 Å². The summed E-state index contributed by atoms with van der Waals surface area (Å²) in [5, 5.41) is 28.8. The minimum Gasteiger partial charge on any atom is -0.508 e. The van der Waals surface area contributed by atoms with Crippen LogP contribution in [-0.2, 0) is 6.42 Å². The van der Waals surface area contributed by atoms with Crippen LogP contribution in [0.5, 0.6) is 17.2 Å². The quantitative estimate of drug-likeness (QED) is 0.775. The predicted molar refractivity (Wildman–Crippen MR) is 70.9 cm³/mol. The van der Waals surface area contributed by atoms with Crippen molar-refractivity contribution in [2.75, 3.05) is 0 Å². The second kappa shape index (κ2) is 5.00. The Kier molecular flexibility index (Phi) is 3.42. The van der Waals surface area contributed by atoms with Gasteiger partial charge in [-0.3, -0.25) is 0 Å². The van der Waals surface area contributed by atoms with E-state index in [1.165, 1.54) is 6.07 Å². The van der Waals surface area contributed by atoms with Crippen LogP contribution in [0, 0.1) is 0 Å². The van der Waals surface area contributed by atoms with Gasteiger partial charge in [0.05, 0.1) is 0 Å². The molecule has 2 rings (SSSR count). The van der Waals surface area contributed by atoms with Crippen LogP contribution in [0.2, 0.25) is 0 Å².